The molecule has 1 aromatic rings. The minimum Gasteiger partial charge on any atom is -0.382 e. The number of nitrogens with two attached hydrogens (primary N) is 1. The third-order valence-electron chi connectivity index (χ3n) is 4.44. The van der Waals surface area contributed by atoms with Gasteiger partial charge in [0.1, 0.15) is 5.84 Å². The number of carbonyl (C=O) groups is 1. The first-order valence-corrected chi connectivity index (χ1v) is 9.37. The van der Waals surface area contributed by atoms with Crippen LogP contribution in [0.5, 0.6) is 0 Å². The fourth-order valence-corrected chi connectivity index (χ4v) is 3.72. The molecule has 2 aliphatic rings. The van der Waals surface area contributed by atoms with Crippen LogP contribution in [0.3, 0.4) is 0 Å². The molecular formula is C17H22N4O2S. The smallest absolute Gasteiger partial charge is 0.261 e. The quantitative estimate of drug-likeness (QED) is 0.497. The molecule has 3 N–H and O–H groups in total. The van der Waals surface area contributed by atoms with E-state index in [0.717, 1.165) is 47.7 Å². The van der Waals surface area contributed by atoms with E-state index in [9.17, 15) is 4.79 Å². The Morgan fingerprint density at radius 3 is 2.75 bits per heavy atom. The summed E-state index contributed by atoms with van der Waals surface area (Å²) in [7, 11) is 0. The van der Waals surface area contributed by atoms with Gasteiger partial charge in [-0.25, -0.2) is 0 Å². The van der Waals surface area contributed by atoms with Crippen molar-refractivity contribution in [3.63, 3.8) is 0 Å². The normalized spacial score (nSPS) is 20.5. The zero-order valence-electron chi connectivity index (χ0n) is 13.7. The Morgan fingerprint density at radius 1 is 1.38 bits per heavy atom. The topological polar surface area (TPSA) is 91.8 Å². The number of oxime groups is 1. The number of nitrogens with one attached hydrogen (secondary N) is 1. The number of piperidine rings is 1. The summed E-state index contributed by atoms with van der Waals surface area (Å²) in [5.41, 5.74) is 7.87. The summed E-state index contributed by atoms with van der Waals surface area (Å²) < 4.78 is 0. The Bertz CT molecular complexity index is 683. The highest BCUT2D eigenvalue weighted by molar-refractivity contribution is 7.98. The molecule has 0 aromatic heterocycles. The van der Waals surface area contributed by atoms with Crippen LogP contribution in [0.2, 0.25) is 0 Å². The van der Waals surface area contributed by atoms with Crippen molar-refractivity contribution in [2.75, 3.05) is 19.3 Å². The lowest BCUT2D eigenvalue weighted by molar-refractivity contribution is -0.127. The Kier molecular flexibility index (Phi) is 5.08. The second kappa shape index (κ2) is 7.25. The van der Waals surface area contributed by atoms with Gasteiger partial charge < -0.3 is 15.5 Å². The minimum absolute atomic E-state index is 0.395. The van der Waals surface area contributed by atoms with Gasteiger partial charge in [0.25, 0.3) is 5.91 Å². The molecule has 1 aromatic carbocycles. The van der Waals surface area contributed by atoms with Crippen molar-refractivity contribution in [1.82, 2.24) is 4.90 Å². The van der Waals surface area contributed by atoms with E-state index < -0.39 is 12.0 Å². The number of likely N-dealkylation sites (tertiary alicyclic amines) is 1. The number of hydrogen-bond donors (Lipinski definition) is 2. The molecule has 1 atom stereocenters. The molecule has 2 heterocycles. The molecule has 0 saturated carbocycles. The minimum atomic E-state index is -0.680. The maximum absolute atomic E-state index is 11.2. The zero-order chi connectivity index (χ0) is 17.1. The number of carbonyl (C=O) groups excluding carboxylic acids is 1. The first-order valence-electron chi connectivity index (χ1n) is 8.14. The number of nitrogens with zero attached hydrogens (tertiary/aromatic N) is 2. The third-order valence-corrected chi connectivity index (χ3v) is 5.22. The largest absolute Gasteiger partial charge is 0.382 e. The van der Waals surface area contributed by atoms with E-state index in [1.54, 1.807) is 11.8 Å². The van der Waals surface area contributed by atoms with E-state index in [4.69, 9.17) is 16.0 Å². The van der Waals surface area contributed by atoms with Crippen LogP contribution in [-0.4, -0.2) is 47.8 Å². The number of benzene rings is 1. The van der Waals surface area contributed by atoms with Crippen LogP contribution >= 0.6 is 11.8 Å². The van der Waals surface area contributed by atoms with Gasteiger partial charge in [0.05, 0.1) is 5.71 Å². The highest BCUT2D eigenvalue weighted by atomic mass is 32.2. The van der Waals surface area contributed by atoms with E-state index in [0.29, 0.717) is 12.3 Å². The zero-order valence-corrected chi connectivity index (χ0v) is 14.6. The lowest BCUT2D eigenvalue weighted by Crippen LogP contribution is -2.35. The fourth-order valence-electron chi connectivity index (χ4n) is 3.07. The number of amides is 1. The number of hydrogen-bond acceptors (Lipinski definition) is 5. The van der Waals surface area contributed by atoms with Gasteiger partial charge in [0.2, 0.25) is 6.10 Å². The molecule has 0 aliphatic carbocycles. The van der Waals surface area contributed by atoms with E-state index >= 15 is 0 Å². The third kappa shape index (κ3) is 3.40. The van der Waals surface area contributed by atoms with Crippen LogP contribution < -0.4 is 5.73 Å². The van der Waals surface area contributed by atoms with Gasteiger partial charge in [-0.05, 0) is 31.6 Å². The monoisotopic (exact) mass is 346 g/mol. The molecule has 7 heteroatoms. The predicted octanol–water partition coefficient (Wildman–Crippen LogP) is 2.20. The Morgan fingerprint density at radius 2 is 2.12 bits per heavy atom. The molecule has 1 fully saturated rings. The molecule has 6 nitrogen and oxygen atoms in total. The second-order valence-electron chi connectivity index (χ2n) is 6.05. The van der Waals surface area contributed by atoms with Crippen molar-refractivity contribution in [2.24, 2.45) is 10.9 Å². The number of amidine groups is 1. The van der Waals surface area contributed by atoms with Crippen LogP contribution in [0.1, 0.15) is 36.8 Å². The Balaban J connectivity index is 1.81. The van der Waals surface area contributed by atoms with Gasteiger partial charge in [-0.2, -0.15) is 0 Å². The van der Waals surface area contributed by atoms with Gasteiger partial charge in [-0.1, -0.05) is 17.3 Å². The molecule has 3 rings (SSSR count). The molecule has 24 heavy (non-hydrogen) atoms. The summed E-state index contributed by atoms with van der Waals surface area (Å²) in [5.74, 6) is 0.0825. The fraction of sp³-hybridized carbons (Fsp3) is 0.471. The van der Waals surface area contributed by atoms with Crippen LogP contribution in [-0.2, 0) is 9.63 Å². The van der Waals surface area contributed by atoms with Crippen molar-refractivity contribution in [1.29, 1.82) is 5.41 Å². The molecule has 2 aliphatic heterocycles. The van der Waals surface area contributed by atoms with Crippen LogP contribution in [0.15, 0.2) is 28.3 Å². The molecule has 0 bridgehead atoms. The van der Waals surface area contributed by atoms with Gasteiger partial charge in [-0.3, -0.25) is 10.2 Å². The summed E-state index contributed by atoms with van der Waals surface area (Å²) >= 11 is 1.60. The first-order chi connectivity index (χ1) is 11.6. The average Bonchev–Trinajstić information content (AvgIpc) is 3.11. The van der Waals surface area contributed by atoms with E-state index in [2.05, 4.69) is 10.1 Å². The van der Waals surface area contributed by atoms with Crippen LogP contribution in [0, 0.1) is 5.41 Å². The lowest BCUT2D eigenvalue weighted by atomic mass is 10.0. The number of primary amides is 1. The van der Waals surface area contributed by atoms with Crippen molar-refractivity contribution in [2.45, 2.75) is 36.7 Å². The second-order valence-corrected chi connectivity index (χ2v) is 6.90. The molecular weight excluding hydrogens is 324 g/mol. The Labute approximate surface area is 145 Å². The summed E-state index contributed by atoms with van der Waals surface area (Å²) in [6.45, 7) is 1.91. The summed E-state index contributed by atoms with van der Waals surface area (Å²) in [6.07, 6.45) is 5.26. The van der Waals surface area contributed by atoms with Gasteiger partial charge >= 0.3 is 0 Å². The average molecular weight is 346 g/mol. The molecule has 1 saturated heterocycles. The Hall–Kier alpha value is -2.02. The molecule has 128 valence electrons. The van der Waals surface area contributed by atoms with Crippen molar-refractivity contribution in [3.05, 3.63) is 29.3 Å². The van der Waals surface area contributed by atoms with Crippen LogP contribution in [0.4, 0.5) is 0 Å². The first kappa shape index (κ1) is 16.8. The molecule has 0 radical (unpaired) electrons. The van der Waals surface area contributed by atoms with Crippen LogP contribution in [0.25, 0.3) is 0 Å². The predicted molar refractivity (Wildman–Crippen MR) is 95.7 cm³/mol. The summed E-state index contributed by atoms with van der Waals surface area (Å²) in [4.78, 5) is 19.5. The van der Waals surface area contributed by atoms with Crippen molar-refractivity contribution in [3.8, 4) is 0 Å². The number of rotatable bonds is 4. The summed E-state index contributed by atoms with van der Waals surface area (Å²) in [5, 5.41) is 12.5. The SMILES string of the molecule is CSc1cc(C(=N)N2CCCCC2)ccc1C1=NOC(C(N)=O)C1. The maximum Gasteiger partial charge on any atom is 0.261 e. The summed E-state index contributed by atoms with van der Waals surface area (Å²) in [6, 6.07) is 5.94. The molecule has 1 amide bonds. The van der Waals surface area contributed by atoms with Gasteiger partial charge in [0.15, 0.2) is 0 Å². The van der Waals surface area contributed by atoms with E-state index in [1.807, 2.05) is 24.5 Å². The van der Waals surface area contributed by atoms with Crippen molar-refractivity contribution >= 4 is 29.2 Å². The maximum atomic E-state index is 11.2. The highest BCUT2D eigenvalue weighted by Crippen LogP contribution is 2.27. The highest BCUT2D eigenvalue weighted by Gasteiger charge is 2.28. The van der Waals surface area contributed by atoms with Gasteiger partial charge in [0, 0.05) is 35.5 Å². The van der Waals surface area contributed by atoms with Gasteiger partial charge in [-0.15, -0.1) is 11.8 Å². The van der Waals surface area contributed by atoms with E-state index in [1.165, 1.54) is 6.42 Å². The molecule has 0 spiro atoms. The van der Waals surface area contributed by atoms with E-state index in [-0.39, 0.29) is 0 Å². The van der Waals surface area contributed by atoms with Crippen molar-refractivity contribution < 1.29 is 9.63 Å². The number of thioether (sulfide) groups is 1. The lowest BCUT2D eigenvalue weighted by Gasteiger charge is -2.29. The standard InChI is InChI=1S/C17H22N4O2S/c1-24-15-9-11(16(18)21-7-3-2-4-8-21)5-6-12(15)13-10-14(17(19)22)23-20-13/h5-6,9,14,18H,2-4,7-8,10H2,1H3,(H2,19,22). The molecule has 1 unspecified atom stereocenters.